The lowest BCUT2D eigenvalue weighted by atomic mass is 10.1. The second-order valence-corrected chi connectivity index (χ2v) is 13.5. The largest absolute Gasteiger partial charge is 0.436 e. The predicted octanol–water partition coefficient (Wildman–Crippen LogP) is 12.2. The van der Waals surface area contributed by atoms with Gasteiger partial charge in [-0.15, -0.1) is 0 Å². The van der Waals surface area contributed by atoms with Crippen molar-refractivity contribution in [3.63, 3.8) is 0 Å². The summed E-state index contributed by atoms with van der Waals surface area (Å²) in [6.45, 7) is 0. The van der Waals surface area contributed by atoms with E-state index in [1.165, 1.54) is 0 Å². The number of hydrogen-bond acceptors (Lipinski definition) is 6. The van der Waals surface area contributed by atoms with Crippen LogP contribution >= 0.6 is 0 Å². The minimum absolute atomic E-state index is 0.580. The van der Waals surface area contributed by atoms with Gasteiger partial charge in [-0.25, -0.2) is 19.9 Å². The van der Waals surface area contributed by atoms with E-state index >= 15 is 0 Å². The molecular weight excluding hydrogens is 679 g/mol. The molecule has 7 aromatic carbocycles. The molecule has 0 atom stereocenters. The zero-order chi connectivity index (χ0) is 36.3. The van der Waals surface area contributed by atoms with E-state index in [1.807, 2.05) is 84.9 Å². The Kier molecular flexibility index (Phi) is 7.03. The van der Waals surface area contributed by atoms with Gasteiger partial charge in [0.15, 0.2) is 17.0 Å². The smallest absolute Gasteiger partial charge is 0.227 e. The fourth-order valence-corrected chi connectivity index (χ4v) is 7.41. The SMILES string of the molecule is c1ccc(-c2cc(-c3ccccc3)nc(-c3ccc(-n4c5ccc(-c6nc7ccccc7o6)cc5c5cc(-c6nc7ccccc7o6)ccc54)cc3)n2)cc1. The molecule has 0 unspecified atom stereocenters. The Morgan fingerprint density at radius 3 is 1.31 bits per heavy atom. The quantitative estimate of drug-likeness (QED) is 0.171. The molecule has 11 rings (SSSR count). The van der Waals surface area contributed by atoms with E-state index in [9.17, 15) is 0 Å². The molecule has 0 saturated heterocycles. The highest BCUT2D eigenvalue weighted by Crippen LogP contribution is 2.38. The second-order valence-electron chi connectivity index (χ2n) is 13.5. The number of fused-ring (bicyclic) bond motifs is 5. The molecule has 4 heterocycles. The number of benzene rings is 7. The number of aromatic nitrogens is 5. The number of para-hydroxylation sites is 4. The highest BCUT2D eigenvalue weighted by atomic mass is 16.4. The van der Waals surface area contributed by atoms with Crippen LogP contribution in [0.5, 0.6) is 0 Å². The van der Waals surface area contributed by atoms with E-state index in [0.717, 1.165) is 88.9 Å². The molecule has 0 aliphatic rings. The van der Waals surface area contributed by atoms with Gasteiger partial charge in [0.2, 0.25) is 11.8 Å². The lowest BCUT2D eigenvalue weighted by Crippen LogP contribution is -1.97. The second kappa shape index (κ2) is 12.5. The van der Waals surface area contributed by atoms with E-state index < -0.39 is 0 Å². The predicted molar refractivity (Wildman–Crippen MR) is 219 cm³/mol. The standard InChI is InChI=1S/C48H29N5O2/c1-3-11-30(12-4-1)40-29-41(31-13-5-2-6-14-31)50-46(49-40)32-19-23-35(24-20-32)53-42-25-21-33(47-51-38-15-7-9-17-44(38)54-47)27-36(42)37-28-34(22-26-43(37)53)48-52-39-16-8-10-18-45(39)55-48/h1-29H. The van der Waals surface area contributed by atoms with Gasteiger partial charge < -0.3 is 13.4 Å². The minimum Gasteiger partial charge on any atom is -0.436 e. The highest BCUT2D eigenvalue weighted by molar-refractivity contribution is 6.11. The first-order chi connectivity index (χ1) is 27.2. The fraction of sp³-hybridized carbons (Fsp3) is 0. The summed E-state index contributed by atoms with van der Waals surface area (Å²) in [5.74, 6) is 1.83. The molecule has 0 radical (unpaired) electrons. The Labute approximate surface area is 314 Å². The third kappa shape index (κ3) is 5.37. The van der Waals surface area contributed by atoms with Gasteiger partial charge in [0.25, 0.3) is 0 Å². The molecule has 258 valence electrons. The first-order valence-electron chi connectivity index (χ1n) is 18.1. The summed E-state index contributed by atoms with van der Waals surface area (Å²) in [6, 6.07) is 59.5. The van der Waals surface area contributed by atoms with Crippen molar-refractivity contribution in [3.05, 3.63) is 176 Å². The van der Waals surface area contributed by atoms with Crippen LogP contribution in [0.15, 0.2) is 185 Å². The topological polar surface area (TPSA) is 82.8 Å². The zero-order valence-corrected chi connectivity index (χ0v) is 29.3. The van der Waals surface area contributed by atoms with Crippen molar-refractivity contribution >= 4 is 44.0 Å². The normalized spacial score (nSPS) is 11.6. The molecule has 0 N–H and O–H groups in total. The molecule has 0 aliphatic heterocycles. The average Bonchev–Trinajstić information content (AvgIpc) is 3.98. The Morgan fingerprint density at radius 1 is 0.364 bits per heavy atom. The van der Waals surface area contributed by atoms with E-state index in [4.69, 9.17) is 28.8 Å². The maximum absolute atomic E-state index is 6.21. The molecule has 0 fully saturated rings. The number of hydrogen-bond donors (Lipinski definition) is 0. The first-order valence-corrected chi connectivity index (χ1v) is 18.1. The lowest BCUT2D eigenvalue weighted by Gasteiger charge is -2.11. The van der Waals surface area contributed by atoms with Gasteiger partial charge in [0.1, 0.15) is 11.0 Å². The third-order valence-corrected chi connectivity index (χ3v) is 10.1. The van der Waals surface area contributed by atoms with Crippen LogP contribution in [0.2, 0.25) is 0 Å². The van der Waals surface area contributed by atoms with Gasteiger partial charge in [-0.3, -0.25) is 0 Å². The summed E-state index contributed by atoms with van der Waals surface area (Å²) in [6.07, 6.45) is 0. The highest BCUT2D eigenvalue weighted by Gasteiger charge is 2.19. The van der Waals surface area contributed by atoms with Crippen molar-refractivity contribution in [3.8, 4) is 62.5 Å². The summed E-state index contributed by atoms with van der Waals surface area (Å²) in [5, 5.41) is 2.12. The average molecular weight is 708 g/mol. The van der Waals surface area contributed by atoms with Gasteiger partial charge in [0, 0.05) is 44.3 Å². The fourth-order valence-electron chi connectivity index (χ4n) is 7.41. The van der Waals surface area contributed by atoms with Crippen LogP contribution in [0.25, 0.3) is 107 Å². The Bertz CT molecular complexity index is 2940. The monoisotopic (exact) mass is 707 g/mol. The van der Waals surface area contributed by atoms with E-state index in [-0.39, 0.29) is 0 Å². The van der Waals surface area contributed by atoms with E-state index in [0.29, 0.717) is 17.6 Å². The molecule has 11 aromatic rings. The molecule has 0 saturated carbocycles. The maximum Gasteiger partial charge on any atom is 0.227 e. The van der Waals surface area contributed by atoms with Crippen LogP contribution in [0, 0.1) is 0 Å². The van der Waals surface area contributed by atoms with Gasteiger partial charge in [-0.05, 0) is 91.0 Å². The lowest BCUT2D eigenvalue weighted by molar-refractivity contribution is 0.619. The molecular formula is C48H29N5O2. The molecule has 0 aliphatic carbocycles. The molecule has 7 nitrogen and oxygen atoms in total. The maximum atomic E-state index is 6.21. The summed E-state index contributed by atoms with van der Waals surface area (Å²) in [4.78, 5) is 19.7. The van der Waals surface area contributed by atoms with Crippen molar-refractivity contribution in [2.75, 3.05) is 0 Å². The molecule has 55 heavy (non-hydrogen) atoms. The minimum atomic E-state index is 0.580. The van der Waals surface area contributed by atoms with Crippen molar-refractivity contribution in [2.24, 2.45) is 0 Å². The van der Waals surface area contributed by atoms with Crippen molar-refractivity contribution in [2.45, 2.75) is 0 Å². The van der Waals surface area contributed by atoms with Crippen LogP contribution in [-0.2, 0) is 0 Å². The molecule has 7 heteroatoms. The van der Waals surface area contributed by atoms with Crippen LogP contribution in [-0.4, -0.2) is 24.5 Å². The summed E-state index contributed by atoms with van der Waals surface area (Å²) >= 11 is 0. The Morgan fingerprint density at radius 2 is 0.818 bits per heavy atom. The van der Waals surface area contributed by atoms with Crippen LogP contribution in [0.3, 0.4) is 0 Å². The molecule has 0 amide bonds. The third-order valence-electron chi connectivity index (χ3n) is 10.1. The van der Waals surface area contributed by atoms with Crippen molar-refractivity contribution in [1.29, 1.82) is 0 Å². The Hall–Kier alpha value is -7.64. The van der Waals surface area contributed by atoms with Crippen LogP contribution in [0.1, 0.15) is 0 Å². The molecule has 4 aromatic heterocycles. The molecule has 0 bridgehead atoms. The zero-order valence-electron chi connectivity index (χ0n) is 29.3. The van der Waals surface area contributed by atoms with Gasteiger partial charge in [0.05, 0.1) is 22.4 Å². The summed E-state index contributed by atoms with van der Waals surface area (Å²) < 4.78 is 14.7. The number of rotatable bonds is 6. The summed E-state index contributed by atoms with van der Waals surface area (Å²) in [5.41, 5.74) is 12.8. The number of oxazole rings is 2. The summed E-state index contributed by atoms with van der Waals surface area (Å²) in [7, 11) is 0. The van der Waals surface area contributed by atoms with Gasteiger partial charge in [-0.2, -0.15) is 0 Å². The van der Waals surface area contributed by atoms with E-state index in [1.54, 1.807) is 0 Å². The van der Waals surface area contributed by atoms with Gasteiger partial charge in [-0.1, -0.05) is 84.9 Å². The van der Waals surface area contributed by atoms with Gasteiger partial charge >= 0.3 is 0 Å². The van der Waals surface area contributed by atoms with E-state index in [2.05, 4.69) is 95.6 Å². The number of nitrogens with zero attached hydrogens (tertiary/aromatic N) is 5. The Balaban J connectivity index is 1.06. The van der Waals surface area contributed by atoms with Crippen molar-refractivity contribution in [1.82, 2.24) is 24.5 Å². The first kappa shape index (κ1) is 30.9. The van der Waals surface area contributed by atoms with Crippen molar-refractivity contribution < 1.29 is 8.83 Å². The molecule has 0 spiro atoms. The van der Waals surface area contributed by atoms with Crippen LogP contribution < -0.4 is 0 Å². The van der Waals surface area contributed by atoms with Crippen LogP contribution in [0.4, 0.5) is 0 Å².